The number of rotatable bonds is 4. The Morgan fingerprint density at radius 1 is 1.40 bits per heavy atom. The fourth-order valence-electron chi connectivity index (χ4n) is 2.65. The van der Waals surface area contributed by atoms with E-state index in [1.165, 1.54) is 6.92 Å². The minimum Gasteiger partial charge on any atom is -0.352 e. The summed E-state index contributed by atoms with van der Waals surface area (Å²) in [6.45, 7) is 3.04. The second-order valence-electron chi connectivity index (χ2n) is 5.17. The number of nitrogens with one attached hydrogen (secondary N) is 1. The molecule has 1 fully saturated rings. The van der Waals surface area contributed by atoms with E-state index in [0.29, 0.717) is 19.6 Å². The van der Waals surface area contributed by atoms with Crippen LogP contribution in [0.3, 0.4) is 0 Å². The topological polar surface area (TPSA) is 75.4 Å². The zero-order chi connectivity index (χ0) is 14.5. The normalized spacial score (nSPS) is 19.7. The van der Waals surface area contributed by atoms with E-state index in [1.807, 2.05) is 30.3 Å². The highest BCUT2D eigenvalue weighted by atomic mass is 16.2. The number of carbonyl (C=O) groups excluding carboxylic acids is 2. The van der Waals surface area contributed by atoms with E-state index in [9.17, 15) is 9.59 Å². The smallest absolute Gasteiger partial charge is 0.231 e. The number of likely N-dealkylation sites (tertiary alicyclic amines) is 1. The van der Waals surface area contributed by atoms with Gasteiger partial charge in [-0.15, -0.1) is 0 Å². The summed E-state index contributed by atoms with van der Waals surface area (Å²) in [6.07, 6.45) is 0.803. The summed E-state index contributed by atoms with van der Waals surface area (Å²) in [5.41, 5.74) is 6.72. The average Bonchev–Trinajstić information content (AvgIpc) is 2.88. The Balaban J connectivity index is 2.02. The van der Waals surface area contributed by atoms with Crippen LogP contribution in [-0.2, 0) is 9.59 Å². The van der Waals surface area contributed by atoms with Gasteiger partial charge < -0.3 is 16.0 Å². The van der Waals surface area contributed by atoms with Crippen LogP contribution in [-0.4, -0.2) is 42.4 Å². The van der Waals surface area contributed by atoms with Gasteiger partial charge in [0.1, 0.15) is 0 Å². The number of carbonyl (C=O) groups is 2. The molecule has 0 aliphatic carbocycles. The molecule has 0 aromatic heterocycles. The highest BCUT2D eigenvalue weighted by molar-refractivity contribution is 5.84. The van der Waals surface area contributed by atoms with Gasteiger partial charge in [-0.25, -0.2) is 0 Å². The first kappa shape index (κ1) is 14.5. The van der Waals surface area contributed by atoms with Crippen LogP contribution in [0.1, 0.15) is 24.8 Å². The van der Waals surface area contributed by atoms with Gasteiger partial charge in [0.2, 0.25) is 11.8 Å². The third-order valence-electron chi connectivity index (χ3n) is 3.64. The maximum atomic E-state index is 12.5. The first-order valence-corrected chi connectivity index (χ1v) is 6.92. The lowest BCUT2D eigenvalue weighted by atomic mass is 9.98. The molecule has 1 aromatic carbocycles. The van der Waals surface area contributed by atoms with Crippen molar-refractivity contribution in [3.05, 3.63) is 35.9 Å². The molecule has 0 radical (unpaired) electrons. The van der Waals surface area contributed by atoms with Crippen molar-refractivity contribution in [1.82, 2.24) is 10.2 Å². The number of nitrogens with zero attached hydrogens (tertiary/aromatic N) is 1. The highest BCUT2D eigenvalue weighted by Crippen LogP contribution is 2.20. The quantitative estimate of drug-likeness (QED) is 0.838. The molecule has 1 aliphatic heterocycles. The fourth-order valence-corrected chi connectivity index (χ4v) is 2.65. The van der Waals surface area contributed by atoms with Gasteiger partial charge in [-0.1, -0.05) is 30.3 Å². The highest BCUT2D eigenvalue weighted by Gasteiger charge is 2.31. The lowest BCUT2D eigenvalue weighted by Gasteiger charge is -2.23. The molecule has 20 heavy (non-hydrogen) atoms. The molecular formula is C15H21N3O2. The molecule has 2 unspecified atom stereocenters. The van der Waals surface area contributed by atoms with Gasteiger partial charge in [0, 0.05) is 32.6 Å². The summed E-state index contributed by atoms with van der Waals surface area (Å²) in [6, 6.07) is 9.66. The fraction of sp³-hybridized carbons (Fsp3) is 0.467. The van der Waals surface area contributed by atoms with Crippen molar-refractivity contribution in [2.24, 2.45) is 5.73 Å². The molecule has 1 heterocycles. The Bertz CT molecular complexity index is 475. The van der Waals surface area contributed by atoms with Crippen LogP contribution < -0.4 is 11.1 Å². The van der Waals surface area contributed by atoms with Gasteiger partial charge in [0.05, 0.1) is 5.92 Å². The van der Waals surface area contributed by atoms with Crippen molar-refractivity contribution in [1.29, 1.82) is 0 Å². The molecule has 0 saturated carbocycles. The first-order chi connectivity index (χ1) is 9.61. The zero-order valence-corrected chi connectivity index (χ0v) is 11.7. The molecule has 2 atom stereocenters. The Morgan fingerprint density at radius 3 is 2.70 bits per heavy atom. The number of benzene rings is 1. The van der Waals surface area contributed by atoms with Crippen molar-refractivity contribution >= 4 is 11.8 Å². The lowest BCUT2D eigenvalue weighted by Crippen LogP contribution is -2.40. The Hall–Kier alpha value is -1.88. The third kappa shape index (κ3) is 3.36. The van der Waals surface area contributed by atoms with E-state index in [1.54, 1.807) is 4.90 Å². The minimum atomic E-state index is -0.299. The average molecular weight is 275 g/mol. The molecule has 0 spiro atoms. The monoisotopic (exact) mass is 275 g/mol. The molecule has 2 amide bonds. The number of nitrogens with two attached hydrogens (primary N) is 1. The predicted molar refractivity (Wildman–Crippen MR) is 77.0 cm³/mol. The van der Waals surface area contributed by atoms with E-state index in [0.717, 1.165) is 12.0 Å². The molecule has 1 aromatic rings. The summed E-state index contributed by atoms with van der Waals surface area (Å²) < 4.78 is 0. The number of hydrogen-bond donors (Lipinski definition) is 2. The van der Waals surface area contributed by atoms with Crippen molar-refractivity contribution in [3.8, 4) is 0 Å². The van der Waals surface area contributed by atoms with Crippen LogP contribution in [0.2, 0.25) is 0 Å². The van der Waals surface area contributed by atoms with Gasteiger partial charge in [-0.2, -0.15) is 0 Å². The van der Waals surface area contributed by atoms with E-state index in [-0.39, 0.29) is 23.8 Å². The molecule has 1 aliphatic rings. The standard InChI is InChI=1S/C15H21N3O2/c1-11(19)17-13-7-8-18(10-13)15(20)14(9-16)12-5-3-2-4-6-12/h2-6,13-14H,7-10,16H2,1H3,(H,17,19). The molecule has 2 rings (SSSR count). The molecule has 0 bridgehead atoms. The van der Waals surface area contributed by atoms with Crippen LogP contribution in [0.4, 0.5) is 0 Å². The second-order valence-corrected chi connectivity index (χ2v) is 5.17. The number of amides is 2. The van der Waals surface area contributed by atoms with Crippen LogP contribution in [0, 0.1) is 0 Å². The van der Waals surface area contributed by atoms with Crippen molar-refractivity contribution in [2.45, 2.75) is 25.3 Å². The molecule has 5 nitrogen and oxygen atoms in total. The van der Waals surface area contributed by atoms with Crippen molar-refractivity contribution in [3.63, 3.8) is 0 Å². The van der Waals surface area contributed by atoms with Gasteiger partial charge in [0.25, 0.3) is 0 Å². The van der Waals surface area contributed by atoms with Crippen LogP contribution in [0.15, 0.2) is 30.3 Å². The van der Waals surface area contributed by atoms with E-state index < -0.39 is 0 Å². The maximum Gasteiger partial charge on any atom is 0.231 e. The minimum absolute atomic E-state index is 0.0477. The van der Waals surface area contributed by atoms with Crippen LogP contribution in [0.25, 0.3) is 0 Å². The van der Waals surface area contributed by atoms with Gasteiger partial charge >= 0.3 is 0 Å². The Morgan fingerprint density at radius 2 is 2.10 bits per heavy atom. The Labute approximate surface area is 119 Å². The van der Waals surface area contributed by atoms with E-state index >= 15 is 0 Å². The first-order valence-electron chi connectivity index (χ1n) is 6.92. The van der Waals surface area contributed by atoms with Crippen LogP contribution in [0.5, 0.6) is 0 Å². The van der Waals surface area contributed by atoms with Gasteiger partial charge in [-0.05, 0) is 12.0 Å². The summed E-state index contributed by atoms with van der Waals surface area (Å²) >= 11 is 0. The largest absolute Gasteiger partial charge is 0.352 e. The third-order valence-corrected chi connectivity index (χ3v) is 3.64. The molecule has 3 N–H and O–H groups in total. The zero-order valence-electron chi connectivity index (χ0n) is 11.7. The van der Waals surface area contributed by atoms with Crippen LogP contribution >= 0.6 is 0 Å². The maximum absolute atomic E-state index is 12.5. The molecule has 108 valence electrons. The SMILES string of the molecule is CC(=O)NC1CCN(C(=O)C(CN)c2ccccc2)C1. The Kier molecular flexibility index (Phi) is 4.74. The van der Waals surface area contributed by atoms with E-state index in [2.05, 4.69) is 5.32 Å². The summed E-state index contributed by atoms with van der Waals surface area (Å²) in [5.74, 6) is -0.304. The second kappa shape index (κ2) is 6.52. The van der Waals surface area contributed by atoms with Gasteiger partial charge in [0.15, 0.2) is 0 Å². The van der Waals surface area contributed by atoms with Gasteiger partial charge in [-0.3, -0.25) is 9.59 Å². The summed E-state index contributed by atoms with van der Waals surface area (Å²) in [7, 11) is 0. The number of hydrogen-bond acceptors (Lipinski definition) is 3. The lowest BCUT2D eigenvalue weighted by molar-refractivity contribution is -0.131. The molecule has 1 saturated heterocycles. The summed E-state index contributed by atoms with van der Waals surface area (Å²) in [4.78, 5) is 25.4. The van der Waals surface area contributed by atoms with E-state index in [4.69, 9.17) is 5.73 Å². The molecular weight excluding hydrogens is 254 g/mol. The predicted octanol–water partition coefficient (Wildman–Crippen LogP) is 0.466. The van der Waals surface area contributed by atoms with Crippen molar-refractivity contribution in [2.75, 3.05) is 19.6 Å². The summed E-state index contributed by atoms with van der Waals surface area (Å²) in [5, 5.41) is 2.86. The molecule has 5 heteroatoms. The van der Waals surface area contributed by atoms with Crippen molar-refractivity contribution < 1.29 is 9.59 Å².